The summed E-state index contributed by atoms with van der Waals surface area (Å²) in [5, 5.41) is 8.94. The van der Waals surface area contributed by atoms with E-state index < -0.39 is 18.0 Å². The van der Waals surface area contributed by atoms with Crippen molar-refractivity contribution in [3.05, 3.63) is 92.6 Å². The second-order valence-corrected chi connectivity index (χ2v) is 11.3. The van der Waals surface area contributed by atoms with Gasteiger partial charge in [0, 0.05) is 39.1 Å². The summed E-state index contributed by atoms with van der Waals surface area (Å²) < 4.78 is 16.6. The molecule has 0 aliphatic rings. The van der Waals surface area contributed by atoms with Gasteiger partial charge in [-0.15, -0.1) is 0 Å². The lowest BCUT2D eigenvalue weighted by Gasteiger charge is -2.17. The van der Waals surface area contributed by atoms with E-state index in [0.717, 1.165) is 22.0 Å². The van der Waals surface area contributed by atoms with Crippen LogP contribution in [0.3, 0.4) is 0 Å². The Morgan fingerprint density at radius 1 is 1.02 bits per heavy atom. The Labute approximate surface area is 264 Å². The highest BCUT2D eigenvalue weighted by atomic mass is 35.5. The standard InChI is InChI=1S/C31H31Cl3N4O5/c1-18(2)16-43-31(40)37-27(12-21-15-35-26-7-5-4-6-23(21)26)30(39)38-36-14-19-10-25(34)29(28(11-19)41-3)42-17-20-8-9-22(32)13-24(20)33/h4-11,13-15,18,27,35H,12,16-17H2,1-3H3,(H,37,40)(H,38,39)/b36-14-/t27-/m0/s1. The van der Waals surface area contributed by atoms with Gasteiger partial charge in [-0.2, -0.15) is 5.10 Å². The van der Waals surface area contributed by atoms with Crippen LogP contribution in [0.2, 0.25) is 15.1 Å². The summed E-state index contributed by atoms with van der Waals surface area (Å²) in [4.78, 5) is 28.8. The molecule has 1 aromatic heterocycles. The highest BCUT2D eigenvalue weighted by molar-refractivity contribution is 6.35. The van der Waals surface area contributed by atoms with Crippen LogP contribution in [0.1, 0.15) is 30.5 Å². The second kappa shape index (κ2) is 15.0. The number of hydrogen-bond acceptors (Lipinski definition) is 6. The van der Waals surface area contributed by atoms with Crippen molar-refractivity contribution in [3.63, 3.8) is 0 Å². The first-order valence-electron chi connectivity index (χ1n) is 13.4. The number of hydrogen-bond donors (Lipinski definition) is 3. The second-order valence-electron chi connectivity index (χ2n) is 10.0. The van der Waals surface area contributed by atoms with Gasteiger partial charge in [0.2, 0.25) is 0 Å². The summed E-state index contributed by atoms with van der Waals surface area (Å²) in [6.45, 7) is 4.21. The van der Waals surface area contributed by atoms with E-state index in [4.69, 9.17) is 49.0 Å². The fourth-order valence-corrected chi connectivity index (χ4v) is 4.88. The minimum Gasteiger partial charge on any atom is -0.493 e. The molecule has 3 aromatic carbocycles. The first-order valence-corrected chi connectivity index (χ1v) is 14.5. The number of aromatic nitrogens is 1. The molecule has 0 bridgehead atoms. The average Bonchev–Trinajstić information content (AvgIpc) is 3.38. The summed E-state index contributed by atoms with van der Waals surface area (Å²) in [6.07, 6.45) is 2.75. The smallest absolute Gasteiger partial charge is 0.407 e. The van der Waals surface area contributed by atoms with E-state index in [2.05, 4.69) is 20.8 Å². The summed E-state index contributed by atoms with van der Waals surface area (Å²) in [7, 11) is 1.48. The number of hydrazone groups is 1. The fourth-order valence-electron chi connectivity index (χ4n) is 4.15. The molecule has 9 nitrogen and oxygen atoms in total. The van der Waals surface area contributed by atoms with Gasteiger partial charge in [-0.3, -0.25) is 4.79 Å². The number of methoxy groups -OCH3 is 1. The Morgan fingerprint density at radius 3 is 2.56 bits per heavy atom. The number of nitrogens with one attached hydrogen (secondary N) is 3. The molecule has 0 spiro atoms. The molecule has 0 aliphatic carbocycles. The normalized spacial score (nSPS) is 12.0. The first-order chi connectivity index (χ1) is 20.6. The number of alkyl carbamates (subject to hydrolysis) is 1. The zero-order valence-electron chi connectivity index (χ0n) is 23.7. The number of halogens is 3. The van der Waals surface area contributed by atoms with Gasteiger partial charge in [0.1, 0.15) is 12.6 Å². The molecule has 4 rings (SSSR count). The Hall–Kier alpha value is -3.92. The third-order valence-corrected chi connectivity index (χ3v) is 7.15. The van der Waals surface area contributed by atoms with Crippen LogP contribution in [0, 0.1) is 5.92 Å². The van der Waals surface area contributed by atoms with Gasteiger partial charge in [0.15, 0.2) is 11.5 Å². The van der Waals surface area contributed by atoms with Crippen molar-refractivity contribution in [1.82, 2.24) is 15.7 Å². The number of aromatic amines is 1. The Kier molecular flexibility index (Phi) is 11.2. The van der Waals surface area contributed by atoms with Crippen molar-refractivity contribution in [3.8, 4) is 11.5 Å². The molecule has 3 N–H and O–H groups in total. The van der Waals surface area contributed by atoms with E-state index in [1.807, 2.05) is 44.3 Å². The van der Waals surface area contributed by atoms with E-state index in [-0.39, 0.29) is 30.6 Å². The molecule has 4 aromatic rings. The lowest BCUT2D eigenvalue weighted by Crippen LogP contribution is -2.47. The number of rotatable bonds is 12. The lowest BCUT2D eigenvalue weighted by molar-refractivity contribution is -0.123. The van der Waals surface area contributed by atoms with Gasteiger partial charge in [-0.1, -0.05) is 72.9 Å². The van der Waals surface area contributed by atoms with Gasteiger partial charge in [0.25, 0.3) is 5.91 Å². The summed E-state index contributed by atoms with van der Waals surface area (Å²) in [5.74, 6) is 0.296. The monoisotopic (exact) mass is 644 g/mol. The molecule has 1 atom stereocenters. The Bertz CT molecular complexity index is 1620. The molecule has 0 fully saturated rings. The number of benzene rings is 3. The zero-order valence-corrected chi connectivity index (χ0v) is 26.0. The SMILES string of the molecule is COc1cc(/C=N\NC(=O)[C@H](Cc2c[nH]c3ccccc23)NC(=O)OCC(C)C)cc(Cl)c1OCc1ccc(Cl)cc1Cl. The molecule has 0 saturated heterocycles. The van der Waals surface area contributed by atoms with Gasteiger partial charge in [0.05, 0.1) is 25.0 Å². The highest BCUT2D eigenvalue weighted by Crippen LogP contribution is 2.37. The average molecular weight is 646 g/mol. The number of ether oxygens (including phenoxy) is 3. The molecule has 0 radical (unpaired) electrons. The Morgan fingerprint density at radius 2 is 1.81 bits per heavy atom. The molecule has 0 aliphatic heterocycles. The number of nitrogens with zero attached hydrogens (tertiary/aromatic N) is 1. The number of amides is 2. The first kappa shape index (κ1) is 32.0. The van der Waals surface area contributed by atoms with E-state index in [9.17, 15) is 9.59 Å². The highest BCUT2D eigenvalue weighted by Gasteiger charge is 2.23. The third kappa shape index (κ3) is 8.79. The lowest BCUT2D eigenvalue weighted by atomic mass is 10.0. The van der Waals surface area contributed by atoms with Gasteiger partial charge in [-0.05, 0) is 47.4 Å². The van der Waals surface area contributed by atoms with E-state index >= 15 is 0 Å². The maximum atomic E-state index is 13.2. The maximum absolute atomic E-state index is 13.2. The number of fused-ring (bicyclic) bond motifs is 1. The van der Waals surface area contributed by atoms with Crippen LogP contribution in [-0.4, -0.2) is 43.0 Å². The molecule has 0 unspecified atom stereocenters. The van der Waals surface area contributed by atoms with Crippen molar-refractivity contribution in [1.29, 1.82) is 0 Å². The van der Waals surface area contributed by atoms with Crippen LogP contribution in [0.25, 0.3) is 10.9 Å². The molecule has 12 heteroatoms. The largest absolute Gasteiger partial charge is 0.493 e. The predicted octanol–water partition coefficient (Wildman–Crippen LogP) is 7.16. The maximum Gasteiger partial charge on any atom is 0.407 e. The molecule has 0 saturated carbocycles. The van der Waals surface area contributed by atoms with Crippen LogP contribution in [0.4, 0.5) is 4.79 Å². The number of carbonyl (C=O) groups is 2. The van der Waals surface area contributed by atoms with Gasteiger partial charge < -0.3 is 24.5 Å². The summed E-state index contributed by atoms with van der Waals surface area (Å²) >= 11 is 18.7. The minimum absolute atomic E-state index is 0.139. The van der Waals surface area contributed by atoms with Gasteiger partial charge in [-0.25, -0.2) is 10.2 Å². The van der Waals surface area contributed by atoms with E-state index in [1.54, 1.807) is 30.3 Å². The van der Waals surface area contributed by atoms with Gasteiger partial charge >= 0.3 is 6.09 Å². The van der Waals surface area contributed by atoms with Crippen LogP contribution >= 0.6 is 34.8 Å². The Balaban J connectivity index is 1.46. The molecule has 43 heavy (non-hydrogen) atoms. The van der Waals surface area contributed by atoms with Crippen LogP contribution in [0.5, 0.6) is 11.5 Å². The van der Waals surface area contributed by atoms with Crippen LogP contribution in [0.15, 0.2) is 65.9 Å². The van der Waals surface area contributed by atoms with E-state index in [0.29, 0.717) is 27.1 Å². The minimum atomic E-state index is -0.954. The zero-order chi connectivity index (χ0) is 30.9. The van der Waals surface area contributed by atoms with Crippen molar-refractivity contribution < 1.29 is 23.8 Å². The summed E-state index contributed by atoms with van der Waals surface area (Å²) in [5.41, 5.74) is 5.54. The topological polar surface area (TPSA) is 114 Å². The molecular weight excluding hydrogens is 615 g/mol. The molecular formula is C31H31Cl3N4O5. The molecule has 2 amide bonds. The van der Waals surface area contributed by atoms with Crippen LogP contribution < -0.4 is 20.2 Å². The van der Waals surface area contributed by atoms with Crippen molar-refractivity contribution in [2.24, 2.45) is 11.0 Å². The van der Waals surface area contributed by atoms with Crippen molar-refractivity contribution in [2.75, 3.05) is 13.7 Å². The van der Waals surface area contributed by atoms with E-state index in [1.165, 1.54) is 13.3 Å². The third-order valence-electron chi connectivity index (χ3n) is 6.28. The summed E-state index contributed by atoms with van der Waals surface area (Å²) in [6, 6.07) is 15.1. The van der Waals surface area contributed by atoms with Crippen molar-refractivity contribution in [2.45, 2.75) is 32.9 Å². The number of H-pyrrole nitrogens is 1. The number of para-hydroxylation sites is 1. The number of carbonyl (C=O) groups excluding carboxylic acids is 2. The predicted molar refractivity (Wildman–Crippen MR) is 170 cm³/mol. The molecule has 226 valence electrons. The quantitative estimate of drug-likeness (QED) is 0.112. The van der Waals surface area contributed by atoms with Crippen molar-refractivity contribution >= 4 is 63.9 Å². The molecule has 1 heterocycles. The van der Waals surface area contributed by atoms with Crippen LogP contribution in [-0.2, 0) is 22.6 Å². The fraction of sp³-hybridized carbons (Fsp3) is 0.258.